The highest BCUT2D eigenvalue weighted by Crippen LogP contribution is 2.36. The minimum absolute atomic E-state index is 0.00877. The van der Waals surface area contributed by atoms with Gasteiger partial charge in [-0.3, -0.25) is 9.59 Å². The third kappa shape index (κ3) is 2.92. The molecule has 24 heavy (non-hydrogen) atoms. The number of carbonyl (C=O) groups excluding carboxylic acids is 2. The molecule has 3 rings (SSSR count). The van der Waals surface area contributed by atoms with Gasteiger partial charge in [0.15, 0.2) is 11.5 Å². The SMILES string of the molecule is CCC(C)NC(=O)C1(C)CCC(=O)N1Cc1ccc2c(c1)OCO2. The van der Waals surface area contributed by atoms with Crippen LogP contribution in [0.4, 0.5) is 0 Å². The molecule has 0 bridgehead atoms. The monoisotopic (exact) mass is 332 g/mol. The first-order valence-corrected chi connectivity index (χ1v) is 8.44. The largest absolute Gasteiger partial charge is 0.454 e. The summed E-state index contributed by atoms with van der Waals surface area (Å²) in [5.74, 6) is 1.33. The van der Waals surface area contributed by atoms with Crippen LogP contribution in [0.2, 0.25) is 0 Å². The van der Waals surface area contributed by atoms with Gasteiger partial charge in [-0.15, -0.1) is 0 Å². The normalized spacial score (nSPS) is 23.5. The Morgan fingerprint density at radius 2 is 2.12 bits per heavy atom. The summed E-state index contributed by atoms with van der Waals surface area (Å²) in [7, 11) is 0. The van der Waals surface area contributed by atoms with Crippen LogP contribution in [0.5, 0.6) is 11.5 Å². The van der Waals surface area contributed by atoms with Gasteiger partial charge in [-0.2, -0.15) is 0 Å². The fourth-order valence-corrected chi connectivity index (χ4v) is 3.10. The van der Waals surface area contributed by atoms with Crippen molar-refractivity contribution in [2.75, 3.05) is 6.79 Å². The average Bonchev–Trinajstić information content (AvgIpc) is 3.14. The van der Waals surface area contributed by atoms with Crippen molar-refractivity contribution in [2.24, 2.45) is 0 Å². The van der Waals surface area contributed by atoms with Crippen molar-refractivity contribution in [1.82, 2.24) is 10.2 Å². The molecule has 0 radical (unpaired) electrons. The van der Waals surface area contributed by atoms with Crippen LogP contribution in [0.3, 0.4) is 0 Å². The van der Waals surface area contributed by atoms with Crippen LogP contribution in [0, 0.1) is 0 Å². The number of amides is 2. The fraction of sp³-hybridized carbons (Fsp3) is 0.556. The van der Waals surface area contributed by atoms with Gasteiger partial charge in [0, 0.05) is 19.0 Å². The minimum Gasteiger partial charge on any atom is -0.454 e. The highest BCUT2D eigenvalue weighted by atomic mass is 16.7. The predicted octanol–water partition coefficient (Wildman–Crippen LogP) is 2.21. The van der Waals surface area contributed by atoms with Gasteiger partial charge in [0.2, 0.25) is 18.6 Å². The molecular formula is C18H24N2O4. The predicted molar refractivity (Wildman–Crippen MR) is 88.6 cm³/mol. The summed E-state index contributed by atoms with van der Waals surface area (Å²) < 4.78 is 10.7. The van der Waals surface area contributed by atoms with Gasteiger partial charge in [-0.05, 0) is 44.4 Å². The number of nitrogens with zero attached hydrogens (tertiary/aromatic N) is 1. The van der Waals surface area contributed by atoms with Gasteiger partial charge in [0.25, 0.3) is 0 Å². The molecule has 2 amide bonds. The molecule has 6 heteroatoms. The Bertz CT molecular complexity index is 660. The molecule has 2 heterocycles. The molecule has 1 N–H and O–H groups in total. The molecule has 6 nitrogen and oxygen atoms in total. The number of benzene rings is 1. The van der Waals surface area contributed by atoms with E-state index in [0.29, 0.717) is 30.9 Å². The van der Waals surface area contributed by atoms with E-state index < -0.39 is 5.54 Å². The molecule has 1 aromatic carbocycles. The van der Waals surface area contributed by atoms with Crippen LogP contribution >= 0.6 is 0 Å². The summed E-state index contributed by atoms with van der Waals surface area (Å²) in [6.07, 6.45) is 1.80. The van der Waals surface area contributed by atoms with Crippen LogP contribution < -0.4 is 14.8 Å². The van der Waals surface area contributed by atoms with Gasteiger partial charge in [-0.1, -0.05) is 13.0 Å². The van der Waals surface area contributed by atoms with Gasteiger partial charge in [0.1, 0.15) is 5.54 Å². The van der Waals surface area contributed by atoms with E-state index >= 15 is 0 Å². The standard InChI is InChI=1S/C18H24N2O4/c1-4-12(2)19-17(22)18(3)8-7-16(21)20(18)10-13-5-6-14-15(9-13)24-11-23-14/h5-6,9,12H,4,7-8,10-11H2,1-3H3,(H,19,22). The van der Waals surface area contributed by atoms with Crippen LogP contribution in [0.1, 0.15) is 45.6 Å². The lowest BCUT2D eigenvalue weighted by atomic mass is 9.96. The number of carbonyl (C=O) groups is 2. The van der Waals surface area contributed by atoms with E-state index in [-0.39, 0.29) is 24.6 Å². The summed E-state index contributed by atoms with van der Waals surface area (Å²) in [6.45, 7) is 6.45. The van der Waals surface area contributed by atoms with Crippen molar-refractivity contribution in [3.05, 3.63) is 23.8 Å². The van der Waals surface area contributed by atoms with Crippen molar-refractivity contribution < 1.29 is 19.1 Å². The molecule has 0 aliphatic carbocycles. The van der Waals surface area contributed by atoms with Gasteiger partial charge in [0.05, 0.1) is 0 Å². The molecule has 2 aliphatic heterocycles. The molecule has 2 atom stereocenters. The second kappa shape index (κ2) is 6.34. The Balaban J connectivity index is 1.79. The molecule has 2 unspecified atom stereocenters. The average molecular weight is 332 g/mol. The number of likely N-dealkylation sites (tertiary alicyclic amines) is 1. The van der Waals surface area contributed by atoms with Crippen LogP contribution in [0.15, 0.2) is 18.2 Å². The Hall–Kier alpha value is -2.24. The third-order valence-electron chi connectivity index (χ3n) is 4.98. The highest BCUT2D eigenvalue weighted by Gasteiger charge is 2.47. The van der Waals surface area contributed by atoms with Gasteiger partial charge >= 0.3 is 0 Å². The van der Waals surface area contributed by atoms with E-state index in [0.717, 1.165) is 12.0 Å². The molecule has 0 aromatic heterocycles. The van der Waals surface area contributed by atoms with E-state index in [1.165, 1.54) is 0 Å². The zero-order chi connectivity index (χ0) is 17.3. The Morgan fingerprint density at radius 3 is 2.88 bits per heavy atom. The van der Waals surface area contributed by atoms with Crippen molar-refractivity contribution in [1.29, 1.82) is 0 Å². The molecule has 1 saturated heterocycles. The summed E-state index contributed by atoms with van der Waals surface area (Å²) in [4.78, 5) is 26.8. The van der Waals surface area contributed by atoms with Crippen molar-refractivity contribution in [3.8, 4) is 11.5 Å². The Morgan fingerprint density at radius 1 is 1.38 bits per heavy atom. The molecule has 2 aliphatic rings. The number of rotatable bonds is 5. The first-order chi connectivity index (χ1) is 11.4. The van der Waals surface area contributed by atoms with E-state index in [1.54, 1.807) is 4.90 Å². The number of hydrogen-bond donors (Lipinski definition) is 1. The number of ether oxygens (including phenoxy) is 2. The van der Waals surface area contributed by atoms with E-state index in [4.69, 9.17) is 9.47 Å². The maximum Gasteiger partial charge on any atom is 0.245 e. The quantitative estimate of drug-likeness (QED) is 0.898. The lowest BCUT2D eigenvalue weighted by Crippen LogP contribution is -2.55. The number of fused-ring (bicyclic) bond motifs is 1. The molecular weight excluding hydrogens is 308 g/mol. The van der Waals surface area contributed by atoms with Crippen molar-refractivity contribution >= 4 is 11.8 Å². The molecule has 0 saturated carbocycles. The maximum absolute atomic E-state index is 12.7. The summed E-state index contributed by atoms with van der Waals surface area (Å²) >= 11 is 0. The smallest absolute Gasteiger partial charge is 0.245 e. The highest BCUT2D eigenvalue weighted by molar-refractivity contribution is 5.94. The maximum atomic E-state index is 12.7. The van der Waals surface area contributed by atoms with Crippen LogP contribution in [0.25, 0.3) is 0 Å². The van der Waals surface area contributed by atoms with E-state index in [9.17, 15) is 9.59 Å². The van der Waals surface area contributed by atoms with Crippen LogP contribution in [-0.4, -0.2) is 35.1 Å². The van der Waals surface area contributed by atoms with Crippen molar-refractivity contribution in [3.63, 3.8) is 0 Å². The minimum atomic E-state index is -0.809. The lowest BCUT2D eigenvalue weighted by Gasteiger charge is -2.35. The Kier molecular flexibility index (Phi) is 4.39. The second-order valence-electron chi connectivity index (χ2n) is 6.72. The van der Waals surface area contributed by atoms with Crippen molar-refractivity contribution in [2.45, 2.75) is 58.2 Å². The number of hydrogen-bond acceptors (Lipinski definition) is 4. The number of nitrogens with one attached hydrogen (secondary N) is 1. The molecule has 1 aromatic rings. The first-order valence-electron chi connectivity index (χ1n) is 8.44. The van der Waals surface area contributed by atoms with Gasteiger partial charge < -0.3 is 19.7 Å². The summed E-state index contributed by atoms with van der Waals surface area (Å²) in [6, 6.07) is 5.72. The molecule has 1 fully saturated rings. The Labute approximate surface area is 142 Å². The third-order valence-corrected chi connectivity index (χ3v) is 4.98. The molecule has 130 valence electrons. The van der Waals surface area contributed by atoms with Crippen LogP contribution in [-0.2, 0) is 16.1 Å². The summed E-state index contributed by atoms with van der Waals surface area (Å²) in [5.41, 5.74) is 0.119. The first kappa shape index (κ1) is 16.6. The van der Waals surface area contributed by atoms with E-state index in [2.05, 4.69) is 5.32 Å². The fourth-order valence-electron chi connectivity index (χ4n) is 3.10. The summed E-state index contributed by atoms with van der Waals surface area (Å²) in [5, 5.41) is 3.01. The van der Waals surface area contributed by atoms with E-state index in [1.807, 2.05) is 39.0 Å². The zero-order valence-electron chi connectivity index (χ0n) is 14.4. The lowest BCUT2D eigenvalue weighted by molar-refractivity contribution is -0.141. The van der Waals surface area contributed by atoms with Gasteiger partial charge in [-0.25, -0.2) is 0 Å². The topological polar surface area (TPSA) is 67.9 Å². The molecule has 0 spiro atoms. The second-order valence-corrected chi connectivity index (χ2v) is 6.72. The zero-order valence-corrected chi connectivity index (χ0v) is 14.4.